The van der Waals surface area contributed by atoms with Gasteiger partial charge in [-0.25, -0.2) is 0 Å². The van der Waals surface area contributed by atoms with E-state index in [0.29, 0.717) is 36.9 Å². The van der Waals surface area contributed by atoms with E-state index >= 15 is 0 Å². The summed E-state index contributed by atoms with van der Waals surface area (Å²) in [6.07, 6.45) is -6.00. The van der Waals surface area contributed by atoms with Gasteiger partial charge in [0.05, 0.1) is 22.1 Å². The molecular weight excluding hydrogens is 546 g/mol. The van der Waals surface area contributed by atoms with Gasteiger partial charge in [0.25, 0.3) is 0 Å². The predicted molar refractivity (Wildman–Crippen MR) is 138 cm³/mol. The zero-order chi connectivity index (χ0) is 29.1. The van der Waals surface area contributed by atoms with Gasteiger partial charge in [0, 0.05) is 6.54 Å². The molecule has 2 aliphatic rings. The van der Waals surface area contributed by atoms with Crippen molar-refractivity contribution >= 4 is 28.7 Å². The number of carbonyl (C=O) groups is 2. The highest BCUT2D eigenvalue weighted by atomic mass is 32.2. The van der Waals surface area contributed by atoms with E-state index in [0.717, 1.165) is 24.2 Å². The minimum atomic E-state index is -4.91. The third-order valence-electron chi connectivity index (χ3n) is 7.04. The van der Waals surface area contributed by atoms with Crippen LogP contribution in [-0.2, 0) is 23.7 Å². The Kier molecular flexibility index (Phi) is 9.92. The van der Waals surface area contributed by atoms with Crippen LogP contribution in [0, 0.1) is 11.8 Å². The van der Waals surface area contributed by atoms with Crippen molar-refractivity contribution in [3.8, 4) is 0 Å². The molecule has 39 heavy (non-hydrogen) atoms. The topological polar surface area (TPSA) is 65.0 Å². The molecule has 1 fully saturated rings. The quantitative estimate of drug-likeness (QED) is 0.392. The van der Waals surface area contributed by atoms with Crippen LogP contribution in [0.2, 0.25) is 0 Å². The first kappa shape index (κ1) is 31.2. The van der Waals surface area contributed by atoms with Gasteiger partial charge < -0.3 is 5.32 Å². The van der Waals surface area contributed by atoms with Crippen molar-refractivity contribution in [2.24, 2.45) is 16.8 Å². The highest BCUT2D eigenvalue weighted by Crippen LogP contribution is 2.38. The lowest BCUT2D eigenvalue weighted by atomic mass is 9.95. The average Bonchev–Trinajstić information content (AvgIpc) is 3.16. The number of amidine groups is 1. The Hall–Kier alpha value is -2.38. The summed E-state index contributed by atoms with van der Waals surface area (Å²) < 4.78 is 79.4. The van der Waals surface area contributed by atoms with Crippen molar-refractivity contribution in [1.82, 2.24) is 15.1 Å². The van der Waals surface area contributed by atoms with Crippen LogP contribution in [0.3, 0.4) is 0 Å². The number of allylic oxidation sites excluding steroid dienone is 1. The van der Waals surface area contributed by atoms with Crippen LogP contribution in [0.15, 0.2) is 34.2 Å². The highest BCUT2D eigenvalue weighted by molar-refractivity contribution is 8.18. The maximum atomic E-state index is 13.5. The van der Waals surface area contributed by atoms with Gasteiger partial charge in [-0.05, 0) is 81.3 Å². The Morgan fingerprint density at radius 1 is 1.18 bits per heavy atom. The van der Waals surface area contributed by atoms with Crippen LogP contribution in [0.25, 0.3) is 0 Å². The van der Waals surface area contributed by atoms with Gasteiger partial charge >= 0.3 is 17.6 Å². The minimum Gasteiger partial charge on any atom is -0.308 e. The Morgan fingerprint density at radius 3 is 2.36 bits per heavy atom. The second-order valence-corrected chi connectivity index (χ2v) is 11.1. The molecule has 2 atom stereocenters. The molecule has 2 amide bonds. The number of piperidine rings is 1. The lowest BCUT2D eigenvalue weighted by molar-refractivity contribution is -0.143. The third-order valence-corrected chi connectivity index (χ3v) is 7.85. The Balaban J connectivity index is 1.66. The van der Waals surface area contributed by atoms with Crippen molar-refractivity contribution in [2.45, 2.75) is 58.0 Å². The normalized spacial score (nSPS) is 20.4. The largest absolute Gasteiger partial charge is 0.416 e. The fraction of sp³-hybridized carbons (Fsp3) is 0.577. The molecule has 0 aliphatic carbocycles. The molecule has 6 nitrogen and oxygen atoms in total. The molecule has 216 valence electrons. The molecule has 0 radical (unpaired) electrons. The number of hydrogen-bond acceptors (Lipinski definition) is 5. The van der Waals surface area contributed by atoms with E-state index in [1.165, 1.54) is 0 Å². The van der Waals surface area contributed by atoms with Gasteiger partial charge in [0.1, 0.15) is 0 Å². The number of carbonyl (C=O) groups excluding carboxylic acids is 2. The zero-order valence-electron chi connectivity index (χ0n) is 22.1. The number of likely N-dealkylation sites (N-methyl/N-ethyl adjacent to an activating group) is 1. The summed E-state index contributed by atoms with van der Waals surface area (Å²) >= 11 is 0.915. The number of hydrogen-bond donors (Lipinski definition) is 1. The number of aliphatic imine (C=N–C) groups is 1. The summed E-state index contributed by atoms with van der Waals surface area (Å²) in [5.74, 6) is 0.00332. The Bertz CT molecular complexity index is 1120. The molecule has 2 heterocycles. The van der Waals surface area contributed by atoms with Crippen molar-refractivity contribution in [3.63, 3.8) is 0 Å². The molecule has 1 N–H and O–H groups in total. The molecule has 0 saturated carbocycles. The van der Waals surface area contributed by atoms with E-state index in [2.05, 4.69) is 10.3 Å². The maximum Gasteiger partial charge on any atom is 0.416 e. The molecule has 1 aromatic carbocycles. The summed E-state index contributed by atoms with van der Waals surface area (Å²) in [7, 11) is 3.61. The van der Waals surface area contributed by atoms with Crippen molar-refractivity contribution < 1.29 is 35.9 Å². The summed E-state index contributed by atoms with van der Waals surface area (Å²) in [4.78, 5) is 33.1. The van der Waals surface area contributed by atoms with Gasteiger partial charge in [0.15, 0.2) is 5.84 Å². The first-order valence-corrected chi connectivity index (χ1v) is 13.4. The number of amides is 2. The minimum absolute atomic E-state index is 0.00865. The summed E-state index contributed by atoms with van der Waals surface area (Å²) in [5.41, 5.74) is -2.83. The number of thioether (sulfide) groups is 1. The third kappa shape index (κ3) is 8.07. The summed E-state index contributed by atoms with van der Waals surface area (Å²) in [6, 6.07) is 1.33. The van der Waals surface area contributed by atoms with Crippen LogP contribution in [0.5, 0.6) is 0 Å². The first-order valence-electron chi connectivity index (χ1n) is 12.6. The number of benzene rings is 1. The number of likely N-dealkylation sites (tertiary alicyclic amines) is 1. The average molecular weight is 579 g/mol. The van der Waals surface area contributed by atoms with E-state index in [1.807, 2.05) is 24.8 Å². The van der Waals surface area contributed by atoms with Crippen molar-refractivity contribution in [1.29, 1.82) is 0 Å². The molecule has 0 aromatic heterocycles. The van der Waals surface area contributed by atoms with Crippen LogP contribution >= 0.6 is 11.8 Å². The lowest BCUT2D eigenvalue weighted by Gasteiger charge is -2.32. The number of nitrogens with one attached hydrogen (secondary N) is 1. The monoisotopic (exact) mass is 578 g/mol. The van der Waals surface area contributed by atoms with Crippen molar-refractivity contribution in [3.05, 3.63) is 45.9 Å². The summed E-state index contributed by atoms with van der Waals surface area (Å²) in [5, 5.41) is 2.34. The highest BCUT2D eigenvalue weighted by Gasteiger charge is 2.38. The summed E-state index contributed by atoms with van der Waals surface area (Å²) in [6.45, 7) is 4.66. The van der Waals surface area contributed by atoms with E-state index in [1.54, 1.807) is 19.0 Å². The van der Waals surface area contributed by atoms with Gasteiger partial charge in [-0.3, -0.25) is 19.4 Å². The first-order chi connectivity index (χ1) is 18.1. The second-order valence-electron chi connectivity index (χ2n) is 10.1. The second kappa shape index (κ2) is 12.4. The maximum absolute atomic E-state index is 13.5. The van der Waals surface area contributed by atoms with Crippen LogP contribution < -0.4 is 5.32 Å². The van der Waals surface area contributed by atoms with Gasteiger partial charge in [-0.2, -0.15) is 31.3 Å². The SMILES string of the molecule is CC[C@H](C)[C@@H](C(=O)NC1=NC(=O)S/C1=C\C1CCN(Cc2ccc(C(F)(F)F)cc2C(F)(F)F)CC1)N(C)C. The van der Waals surface area contributed by atoms with Crippen molar-refractivity contribution in [2.75, 3.05) is 27.2 Å². The van der Waals surface area contributed by atoms with Gasteiger partial charge in [-0.1, -0.05) is 32.4 Å². The van der Waals surface area contributed by atoms with Gasteiger partial charge in [0.2, 0.25) is 5.91 Å². The molecule has 0 bridgehead atoms. The number of alkyl halides is 6. The fourth-order valence-electron chi connectivity index (χ4n) is 4.82. The number of rotatable bonds is 7. The molecule has 13 heteroatoms. The van der Waals surface area contributed by atoms with E-state index in [9.17, 15) is 35.9 Å². The van der Waals surface area contributed by atoms with E-state index in [-0.39, 0.29) is 41.8 Å². The van der Waals surface area contributed by atoms with Crippen LogP contribution in [0.1, 0.15) is 49.8 Å². The molecule has 0 spiro atoms. The molecule has 0 unspecified atom stereocenters. The fourth-order valence-corrected chi connectivity index (χ4v) is 5.60. The Morgan fingerprint density at radius 2 is 1.82 bits per heavy atom. The smallest absolute Gasteiger partial charge is 0.308 e. The molecular formula is C26H32F6N4O2S. The molecule has 2 aliphatic heterocycles. The predicted octanol–water partition coefficient (Wildman–Crippen LogP) is 6.18. The molecule has 3 rings (SSSR count). The van der Waals surface area contributed by atoms with E-state index < -0.39 is 34.8 Å². The number of halogens is 6. The van der Waals surface area contributed by atoms with Crippen LogP contribution in [-0.4, -0.2) is 60.0 Å². The standard InChI is InChI=1S/C26H32F6N4O2S/c1-5-15(2)21(35(3)4)23(37)33-22-20(39-24(38)34-22)12-16-8-10-36(11-9-16)14-17-6-7-18(25(27,28)29)13-19(17)26(30,31)32/h6-7,12-13,15-16,21H,5,8-11,14H2,1-4H3,(H,33,34,37,38)/b20-12-/t15-,21-/m0/s1. The Labute approximate surface area is 227 Å². The zero-order valence-corrected chi connectivity index (χ0v) is 22.9. The van der Waals surface area contributed by atoms with Gasteiger partial charge in [-0.15, -0.1) is 0 Å². The lowest BCUT2D eigenvalue weighted by Crippen LogP contribution is -2.49. The number of nitrogens with zero attached hydrogens (tertiary/aromatic N) is 3. The molecule has 1 aromatic rings. The van der Waals surface area contributed by atoms with Crippen LogP contribution in [0.4, 0.5) is 31.1 Å². The molecule has 1 saturated heterocycles. The van der Waals surface area contributed by atoms with E-state index in [4.69, 9.17) is 0 Å².